The van der Waals surface area contributed by atoms with E-state index in [1.54, 1.807) is 12.1 Å². The average Bonchev–Trinajstić information content (AvgIpc) is 2.67. The molecule has 0 spiro atoms. The van der Waals surface area contributed by atoms with Crippen LogP contribution in [0.2, 0.25) is 5.02 Å². The third-order valence-electron chi connectivity index (χ3n) is 4.85. The van der Waals surface area contributed by atoms with Crippen LogP contribution in [0.4, 0.5) is 0 Å². The lowest BCUT2D eigenvalue weighted by molar-refractivity contribution is -0.171. The molecule has 2 aromatic rings. The standard InChI is InChI=1S/C21H21BrClNO4/c1-2-3-17(21(26)27)24-18(25)12-28-20(14-6-10-16(23)11-7-14)19(24)13-4-8-15(22)9-5-13/h4-11,17,19-20H,2-3,12H2,1H3,(H,26,27)/t17-,19-,20+/m1/s1. The van der Waals surface area contributed by atoms with E-state index in [9.17, 15) is 14.7 Å². The van der Waals surface area contributed by atoms with Crippen LogP contribution in [0.3, 0.4) is 0 Å². The lowest BCUT2D eigenvalue weighted by atomic mass is 9.91. The number of morpholine rings is 1. The fourth-order valence-corrected chi connectivity index (χ4v) is 3.97. The quantitative estimate of drug-likeness (QED) is 0.651. The minimum atomic E-state index is -1.01. The van der Waals surface area contributed by atoms with Gasteiger partial charge in [0.15, 0.2) is 0 Å². The number of carboxylic acid groups (broad SMARTS) is 1. The van der Waals surface area contributed by atoms with Gasteiger partial charge in [-0.3, -0.25) is 4.79 Å². The van der Waals surface area contributed by atoms with Crippen LogP contribution in [0.5, 0.6) is 0 Å². The Morgan fingerprint density at radius 2 is 1.82 bits per heavy atom. The Morgan fingerprint density at radius 3 is 2.39 bits per heavy atom. The summed E-state index contributed by atoms with van der Waals surface area (Å²) < 4.78 is 6.81. The van der Waals surface area contributed by atoms with Crippen molar-refractivity contribution in [2.45, 2.75) is 38.0 Å². The van der Waals surface area contributed by atoms with Crippen LogP contribution in [-0.2, 0) is 14.3 Å². The van der Waals surface area contributed by atoms with Crippen LogP contribution >= 0.6 is 27.5 Å². The number of carboxylic acids is 1. The molecule has 1 fully saturated rings. The number of hydrogen-bond acceptors (Lipinski definition) is 3. The predicted molar refractivity (Wildman–Crippen MR) is 110 cm³/mol. The van der Waals surface area contributed by atoms with E-state index >= 15 is 0 Å². The zero-order chi connectivity index (χ0) is 20.3. The van der Waals surface area contributed by atoms with E-state index in [1.807, 2.05) is 43.3 Å². The van der Waals surface area contributed by atoms with Crippen molar-refractivity contribution in [1.29, 1.82) is 0 Å². The Kier molecular flexibility index (Phi) is 6.75. The van der Waals surface area contributed by atoms with Gasteiger partial charge in [-0.15, -0.1) is 0 Å². The van der Waals surface area contributed by atoms with Gasteiger partial charge in [-0.1, -0.05) is 65.1 Å². The third kappa shape index (κ3) is 4.40. The highest BCUT2D eigenvalue weighted by Crippen LogP contribution is 2.42. The van der Waals surface area contributed by atoms with Gasteiger partial charge in [0, 0.05) is 9.50 Å². The van der Waals surface area contributed by atoms with Crippen LogP contribution in [0, 0.1) is 0 Å². The fourth-order valence-electron chi connectivity index (χ4n) is 3.58. The maximum Gasteiger partial charge on any atom is 0.326 e. The molecule has 28 heavy (non-hydrogen) atoms. The van der Waals surface area contributed by atoms with Crippen molar-refractivity contribution in [3.63, 3.8) is 0 Å². The van der Waals surface area contributed by atoms with Gasteiger partial charge in [0.1, 0.15) is 18.8 Å². The Balaban J connectivity index is 2.11. The Bertz CT molecular complexity index is 840. The molecular weight excluding hydrogens is 446 g/mol. The molecule has 0 aliphatic carbocycles. The van der Waals surface area contributed by atoms with Gasteiger partial charge < -0.3 is 14.7 Å². The van der Waals surface area contributed by atoms with Crippen molar-refractivity contribution in [3.05, 3.63) is 69.2 Å². The number of rotatable bonds is 6. The summed E-state index contributed by atoms with van der Waals surface area (Å²) in [5.74, 6) is -1.33. The summed E-state index contributed by atoms with van der Waals surface area (Å²) >= 11 is 9.44. The minimum Gasteiger partial charge on any atom is -0.480 e. The zero-order valence-electron chi connectivity index (χ0n) is 15.3. The highest BCUT2D eigenvalue weighted by molar-refractivity contribution is 9.10. The molecule has 148 valence electrons. The zero-order valence-corrected chi connectivity index (χ0v) is 17.7. The van der Waals surface area contributed by atoms with Crippen LogP contribution in [0.25, 0.3) is 0 Å². The highest BCUT2D eigenvalue weighted by Gasteiger charge is 2.44. The minimum absolute atomic E-state index is 0.159. The smallest absolute Gasteiger partial charge is 0.326 e. The molecule has 7 heteroatoms. The van der Waals surface area contributed by atoms with Crippen molar-refractivity contribution in [1.82, 2.24) is 4.90 Å². The molecule has 0 aromatic heterocycles. The summed E-state index contributed by atoms with van der Waals surface area (Å²) in [5.41, 5.74) is 1.66. The average molecular weight is 467 g/mol. The first-order valence-electron chi connectivity index (χ1n) is 9.09. The lowest BCUT2D eigenvalue weighted by Crippen LogP contribution is -2.53. The van der Waals surface area contributed by atoms with E-state index < -0.39 is 24.2 Å². The molecule has 1 aliphatic heterocycles. The number of aliphatic carboxylic acids is 1. The molecule has 5 nitrogen and oxygen atoms in total. The van der Waals surface area contributed by atoms with E-state index in [0.29, 0.717) is 17.9 Å². The number of ether oxygens (including phenoxy) is 1. The van der Waals surface area contributed by atoms with E-state index in [1.165, 1.54) is 4.90 Å². The molecule has 1 saturated heterocycles. The molecule has 1 amide bonds. The fraction of sp³-hybridized carbons (Fsp3) is 0.333. The molecule has 0 saturated carbocycles. The highest BCUT2D eigenvalue weighted by atomic mass is 79.9. The Hall–Kier alpha value is -1.89. The molecule has 0 radical (unpaired) electrons. The summed E-state index contributed by atoms with van der Waals surface area (Å²) in [5, 5.41) is 10.4. The second-order valence-corrected chi connectivity index (χ2v) is 8.08. The van der Waals surface area contributed by atoms with Gasteiger partial charge in [0.25, 0.3) is 0 Å². The number of amides is 1. The van der Waals surface area contributed by atoms with Gasteiger partial charge in [0.2, 0.25) is 5.91 Å². The molecule has 2 aromatic carbocycles. The third-order valence-corrected chi connectivity index (χ3v) is 5.63. The van der Waals surface area contributed by atoms with Crippen molar-refractivity contribution >= 4 is 39.4 Å². The topological polar surface area (TPSA) is 66.8 Å². The van der Waals surface area contributed by atoms with Crippen molar-refractivity contribution in [2.75, 3.05) is 6.61 Å². The molecule has 1 N–H and O–H groups in total. The van der Waals surface area contributed by atoms with E-state index in [0.717, 1.165) is 15.6 Å². The summed E-state index contributed by atoms with van der Waals surface area (Å²) in [7, 11) is 0. The van der Waals surface area contributed by atoms with Crippen LogP contribution in [0.15, 0.2) is 53.0 Å². The molecule has 3 rings (SSSR count). The second kappa shape index (κ2) is 9.07. The summed E-state index contributed by atoms with van der Waals surface area (Å²) in [6, 6.07) is 13.3. The van der Waals surface area contributed by atoms with Crippen LogP contribution < -0.4 is 0 Å². The Labute approximate surface area is 177 Å². The van der Waals surface area contributed by atoms with Crippen molar-refractivity contribution < 1.29 is 19.4 Å². The normalized spacial score (nSPS) is 20.8. The number of carbonyl (C=O) groups excluding carboxylic acids is 1. The van der Waals surface area contributed by atoms with Gasteiger partial charge in [-0.05, 0) is 41.8 Å². The van der Waals surface area contributed by atoms with Gasteiger partial charge in [0.05, 0.1) is 6.04 Å². The first-order chi connectivity index (χ1) is 13.4. The second-order valence-electron chi connectivity index (χ2n) is 6.72. The number of nitrogens with zero attached hydrogens (tertiary/aromatic N) is 1. The van der Waals surface area contributed by atoms with Gasteiger partial charge in [-0.25, -0.2) is 4.79 Å². The largest absolute Gasteiger partial charge is 0.480 e. The number of hydrogen-bond donors (Lipinski definition) is 1. The summed E-state index contributed by atoms with van der Waals surface area (Å²) in [6.07, 6.45) is 0.539. The van der Waals surface area contributed by atoms with Crippen LogP contribution in [-0.4, -0.2) is 34.5 Å². The van der Waals surface area contributed by atoms with Gasteiger partial charge in [-0.2, -0.15) is 0 Å². The maximum atomic E-state index is 12.8. The first kappa shape index (κ1) is 20.8. The number of benzene rings is 2. The van der Waals surface area contributed by atoms with Gasteiger partial charge >= 0.3 is 5.97 Å². The number of halogens is 2. The van der Waals surface area contributed by atoms with E-state index in [4.69, 9.17) is 16.3 Å². The predicted octanol–water partition coefficient (Wildman–Crippen LogP) is 5.00. The van der Waals surface area contributed by atoms with Crippen molar-refractivity contribution in [2.24, 2.45) is 0 Å². The molecule has 1 aliphatic rings. The first-order valence-corrected chi connectivity index (χ1v) is 10.3. The lowest BCUT2D eigenvalue weighted by Gasteiger charge is -2.44. The van der Waals surface area contributed by atoms with Crippen LogP contribution in [0.1, 0.15) is 43.0 Å². The maximum absolute atomic E-state index is 12.8. The number of carbonyl (C=O) groups is 2. The molecule has 3 atom stereocenters. The molecular formula is C21H21BrClNO4. The SMILES string of the molecule is CCC[C@H](C(=O)O)N1C(=O)CO[C@@H](c2ccc(Cl)cc2)[C@H]1c1ccc(Br)cc1. The van der Waals surface area contributed by atoms with E-state index in [2.05, 4.69) is 15.9 Å². The van der Waals surface area contributed by atoms with E-state index in [-0.39, 0.29) is 12.5 Å². The molecule has 1 heterocycles. The Morgan fingerprint density at radius 1 is 1.21 bits per heavy atom. The van der Waals surface area contributed by atoms with Crippen molar-refractivity contribution in [3.8, 4) is 0 Å². The molecule has 0 unspecified atom stereocenters. The summed E-state index contributed by atoms with van der Waals surface area (Å²) in [4.78, 5) is 26.3. The monoisotopic (exact) mass is 465 g/mol. The molecule has 0 bridgehead atoms. The summed E-state index contributed by atoms with van der Waals surface area (Å²) in [6.45, 7) is 1.75.